The molecule has 4 nitrogen and oxygen atoms in total. The molecule has 2 rings (SSSR count). The zero-order valence-electron chi connectivity index (χ0n) is 9.91. The van der Waals surface area contributed by atoms with Crippen molar-refractivity contribution in [2.45, 2.75) is 0 Å². The van der Waals surface area contributed by atoms with Crippen LogP contribution < -0.4 is 0 Å². The van der Waals surface area contributed by atoms with Crippen molar-refractivity contribution in [3.8, 4) is 11.1 Å². The molecule has 0 amide bonds. The van der Waals surface area contributed by atoms with Gasteiger partial charge in [0.1, 0.15) is 5.69 Å². The van der Waals surface area contributed by atoms with Crippen LogP contribution in [0.1, 0.15) is 16.1 Å². The summed E-state index contributed by atoms with van der Waals surface area (Å²) in [5.41, 5.74) is 2.83. The van der Waals surface area contributed by atoms with Crippen LogP contribution in [-0.4, -0.2) is 22.3 Å². The number of nitrogens with zero attached hydrogens (tertiary/aromatic N) is 2. The Bertz CT molecular complexity index is 617. The molecule has 0 bridgehead atoms. The summed E-state index contributed by atoms with van der Waals surface area (Å²) in [6.45, 7) is 5.28. The summed E-state index contributed by atoms with van der Waals surface area (Å²) in [6.07, 6.45) is 7.38. The minimum absolute atomic E-state index is 0.389. The van der Waals surface area contributed by atoms with E-state index in [1.807, 2.05) is 12.1 Å². The van der Waals surface area contributed by atoms with Gasteiger partial charge in [0.2, 0.25) is 0 Å². The summed E-state index contributed by atoms with van der Waals surface area (Å²) < 4.78 is 13.1. The van der Waals surface area contributed by atoms with Gasteiger partial charge in [-0.15, -0.1) is 4.34 Å². The first-order chi connectivity index (χ1) is 8.69. The number of aromatic nitrogens is 2. The fraction of sp³-hybridized carbons (Fsp3) is 0.0769. The van der Waals surface area contributed by atoms with E-state index < -0.39 is 7.95 Å². The fourth-order valence-corrected chi connectivity index (χ4v) is 2.59. The van der Waals surface area contributed by atoms with Gasteiger partial charge in [0.15, 0.2) is 13.0 Å². The standard InChI is InChI=1S/C13H12N2O2P/c1-3-11-12(10-4-6-14-7-5-10)8-15(18(2)17)13(11)9-16/h3-9H,1H2,2H3/q+1. The molecule has 2 aromatic heterocycles. The van der Waals surface area contributed by atoms with Crippen LogP contribution in [0.15, 0.2) is 37.3 Å². The van der Waals surface area contributed by atoms with E-state index >= 15 is 0 Å². The monoisotopic (exact) mass is 259 g/mol. The van der Waals surface area contributed by atoms with E-state index in [9.17, 15) is 9.36 Å². The average Bonchev–Trinajstić information content (AvgIpc) is 2.78. The molecule has 0 spiro atoms. The van der Waals surface area contributed by atoms with Crippen molar-refractivity contribution < 1.29 is 9.36 Å². The molecule has 0 saturated carbocycles. The molecule has 1 unspecified atom stereocenters. The largest absolute Gasteiger partial charge is 0.463 e. The van der Waals surface area contributed by atoms with Crippen molar-refractivity contribution in [1.82, 2.24) is 9.32 Å². The van der Waals surface area contributed by atoms with Crippen molar-refractivity contribution in [2.75, 3.05) is 6.66 Å². The Labute approximate surface area is 106 Å². The lowest BCUT2D eigenvalue weighted by Gasteiger charge is -1.98. The number of aldehydes is 1. The van der Waals surface area contributed by atoms with E-state index in [0.29, 0.717) is 17.5 Å². The molecular formula is C13H12N2O2P+. The summed E-state index contributed by atoms with van der Waals surface area (Å²) >= 11 is 0. The van der Waals surface area contributed by atoms with E-state index in [1.54, 1.807) is 31.3 Å². The normalized spacial score (nSPS) is 11.1. The molecule has 0 N–H and O–H groups in total. The van der Waals surface area contributed by atoms with E-state index in [1.165, 1.54) is 4.34 Å². The van der Waals surface area contributed by atoms with Crippen molar-refractivity contribution in [3.05, 3.63) is 48.6 Å². The zero-order valence-corrected chi connectivity index (χ0v) is 10.8. The van der Waals surface area contributed by atoms with Gasteiger partial charge in [0.05, 0.1) is 6.20 Å². The highest BCUT2D eigenvalue weighted by molar-refractivity contribution is 7.42. The molecule has 0 aliphatic heterocycles. The van der Waals surface area contributed by atoms with Crippen LogP contribution in [0.5, 0.6) is 0 Å². The zero-order chi connectivity index (χ0) is 13.1. The third-order valence-corrected chi connectivity index (χ3v) is 3.61. The highest BCUT2D eigenvalue weighted by atomic mass is 31.1. The Kier molecular flexibility index (Phi) is 3.49. The van der Waals surface area contributed by atoms with Crippen LogP contribution in [0.3, 0.4) is 0 Å². The number of hydrogen-bond acceptors (Lipinski definition) is 3. The number of pyridine rings is 1. The van der Waals surface area contributed by atoms with Gasteiger partial charge in [0, 0.05) is 23.5 Å². The minimum Gasteiger partial charge on any atom is -0.296 e. The van der Waals surface area contributed by atoms with Crippen molar-refractivity contribution >= 4 is 20.3 Å². The molecule has 0 radical (unpaired) electrons. The van der Waals surface area contributed by atoms with Gasteiger partial charge < -0.3 is 0 Å². The Hall–Kier alpha value is -2.06. The lowest BCUT2D eigenvalue weighted by Crippen LogP contribution is -1.92. The highest BCUT2D eigenvalue weighted by Crippen LogP contribution is 2.33. The quantitative estimate of drug-likeness (QED) is 0.625. The maximum atomic E-state index is 11.6. The summed E-state index contributed by atoms with van der Waals surface area (Å²) in [6, 6.07) is 3.67. The van der Waals surface area contributed by atoms with Gasteiger partial charge in [-0.2, -0.15) is 0 Å². The second-order valence-electron chi connectivity index (χ2n) is 3.71. The minimum atomic E-state index is -1.64. The molecule has 18 heavy (non-hydrogen) atoms. The van der Waals surface area contributed by atoms with Gasteiger partial charge in [-0.3, -0.25) is 9.78 Å². The molecule has 0 saturated heterocycles. The fourth-order valence-electron chi connectivity index (χ4n) is 1.85. The maximum Gasteiger partial charge on any atom is 0.463 e. The molecule has 0 aliphatic carbocycles. The van der Waals surface area contributed by atoms with Crippen LogP contribution in [-0.2, 0) is 4.57 Å². The molecule has 5 heteroatoms. The van der Waals surface area contributed by atoms with Crippen molar-refractivity contribution in [3.63, 3.8) is 0 Å². The molecular weight excluding hydrogens is 247 g/mol. The van der Waals surface area contributed by atoms with Gasteiger partial charge in [-0.05, 0) is 22.3 Å². The predicted molar refractivity (Wildman–Crippen MR) is 72.1 cm³/mol. The first-order valence-electron chi connectivity index (χ1n) is 5.33. The molecule has 0 aliphatic rings. The van der Waals surface area contributed by atoms with E-state index in [-0.39, 0.29) is 0 Å². The topological polar surface area (TPSA) is 52.0 Å². The molecule has 1 atom stereocenters. The first kappa shape index (κ1) is 12.4. The molecule has 0 aromatic carbocycles. The summed E-state index contributed by atoms with van der Waals surface area (Å²) in [5, 5.41) is 0. The van der Waals surface area contributed by atoms with Crippen LogP contribution in [0.25, 0.3) is 17.2 Å². The van der Waals surface area contributed by atoms with E-state index in [0.717, 1.165) is 11.1 Å². The third-order valence-electron chi connectivity index (χ3n) is 2.67. The first-order valence-corrected chi connectivity index (χ1v) is 6.99. The van der Waals surface area contributed by atoms with Crippen LogP contribution in [0.2, 0.25) is 0 Å². The molecule has 2 heterocycles. The van der Waals surface area contributed by atoms with Crippen molar-refractivity contribution in [2.24, 2.45) is 0 Å². The Balaban J connectivity index is 2.72. The Morgan fingerprint density at radius 1 is 1.39 bits per heavy atom. The van der Waals surface area contributed by atoms with Gasteiger partial charge in [-0.1, -0.05) is 12.7 Å². The number of carbonyl (C=O) groups is 1. The Morgan fingerprint density at radius 2 is 2.06 bits per heavy atom. The second kappa shape index (κ2) is 5.07. The third kappa shape index (κ3) is 2.03. The lowest BCUT2D eigenvalue weighted by molar-refractivity contribution is 0.111. The highest BCUT2D eigenvalue weighted by Gasteiger charge is 2.22. The maximum absolute atomic E-state index is 11.6. The number of rotatable bonds is 4. The Morgan fingerprint density at radius 3 is 2.56 bits per heavy atom. The lowest BCUT2D eigenvalue weighted by atomic mass is 10.0. The van der Waals surface area contributed by atoms with E-state index in [2.05, 4.69) is 11.6 Å². The SMILES string of the molecule is C=Cc1c(-c2ccncc2)cn([P+](C)=O)c1C=O. The second-order valence-corrected chi connectivity index (χ2v) is 5.07. The summed E-state index contributed by atoms with van der Waals surface area (Å²) in [7, 11) is -1.64. The molecule has 90 valence electrons. The van der Waals surface area contributed by atoms with Gasteiger partial charge >= 0.3 is 7.95 Å². The van der Waals surface area contributed by atoms with Crippen LogP contribution in [0, 0.1) is 0 Å². The van der Waals surface area contributed by atoms with Crippen LogP contribution >= 0.6 is 7.95 Å². The smallest absolute Gasteiger partial charge is 0.296 e. The average molecular weight is 259 g/mol. The van der Waals surface area contributed by atoms with Gasteiger partial charge in [-0.25, -0.2) is 0 Å². The number of hydrogen-bond donors (Lipinski definition) is 0. The van der Waals surface area contributed by atoms with Crippen molar-refractivity contribution in [1.29, 1.82) is 0 Å². The molecule has 2 aromatic rings. The summed E-state index contributed by atoms with van der Waals surface area (Å²) in [4.78, 5) is 15.1. The summed E-state index contributed by atoms with van der Waals surface area (Å²) in [5.74, 6) is 0. The predicted octanol–water partition coefficient (Wildman–Crippen LogP) is 3.23. The molecule has 0 fully saturated rings. The van der Waals surface area contributed by atoms with Gasteiger partial charge in [0.25, 0.3) is 0 Å². The van der Waals surface area contributed by atoms with Crippen LogP contribution in [0.4, 0.5) is 0 Å². The number of carbonyl (C=O) groups excluding carboxylic acids is 1. The van der Waals surface area contributed by atoms with E-state index in [4.69, 9.17) is 0 Å².